The molecule has 5 heteroatoms. The van der Waals surface area contributed by atoms with Crippen LogP contribution in [0.3, 0.4) is 0 Å². The van der Waals surface area contributed by atoms with Crippen molar-refractivity contribution in [2.45, 2.75) is 40.0 Å². The second-order valence-corrected chi connectivity index (χ2v) is 5.40. The lowest BCUT2D eigenvalue weighted by molar-refractivity contribution is 0.0998. The smallest absolute Gasteiger partial charge is 0.281 e. The van der Waals surface area contributed by atoms with Crippen molar-refractivity contribution in [3.05, 3.63) is 34.6 Å². The summed E-state index contributed by atoms with van der Waals surface area (Å²) >= 11 is 0. The summed E-state index contributed by atoms with van der Waals surface area (Å²) in [6.07, 6.45) is 1.33. The highest BCUT2D eigenvalue weighted by atomic mass is 19.1. The second-order valence-electron chi connectivity index (χ2n) is 5.40. The van der Waals surface area contributed by atoms with Crippen molar-refractivity contribution in [2.24, 2.45) is 4.99 Å². The molecule has 1 amide bonds. The summed E-state index contributed by atoms with van der Waals surface area (Å²) in [4.78, 5) is 17.2. The van der Waals surface area contributed by atoms with E-state index < -0.39 is 17.1 Å². The topological polar surface area (TPSA) is 56.5 Å². The number of aliphatic imine (C=N–C) groups is 1. The molecule has 0 saturated carbocycles. The van der Waals surface area contributed by atoms with E-state index in [0.717, 1.165) is 0 Å². The fourth-order valence-electron chi connectivity index (χ4n) is 1.67. The lowest BCUT2D eigenvalue weighted by atomic mass is 9.84. The van der Waals surface area contributed by atoms with Gasteiger partial charge in [-0.2, -0.15) is 10.3 Å². The number of halogens is 1. The van der Waals surface area contributed by atoms with Crippen LogP contribution in [-0.2, 0) is 5.41 Å². The first kappa shape index (κ1) is 19.8. The van der Waals surface area contributed by atoms with Gasteiger partial charge in [-0.15, -0.1) is 0 Å². The van der Waals surface area contributed by atoms with E-state index in [1.165, 1.54) is 12.4 Å². The van der Waals surface area contributed by atoms with Crippen LogP contribution in [-0.4, -0.2) is 31.2 Å². The lowest BCUT2D eigenvalue weighted by Gasteiger charge is -2.17. The third kappa shape index (κ3) is 4.96. The molecular weight excluding hydrogens is 281 g/mol. The number of amides is 1. The van der Waals surface area contributed by atoms with Crippen LogP contribution in [0, 0.1) is 24.1 Å². The van der Waals surface area contributed by atoms with E-state index in [9.17, 15) is 9.18 Å². The van der Waals surface area contributed by atoms with E-state index in [4.69, 9.17) is 5.26 Å². The average molecular weight is 305 g/mol. The minimum absolute atomic E-state index is 0.0550. The van der Waals surface area contributed by atoms with Gasteiger partial charge in [0.1, 0.15) is 5.82 Å². The fourth-order valence-corrected chi connectivity index (χ4v) is 1.67. The quantitative estimate of drug-likeness (QED) is 0.632. The summed E-state index contributed by atoms with van der Waals surface area (Å²) in [5.74, 6) is -1.28. The molecule has 4 nitrogen and oxygen atoms in total. The van der Waals surface area contributed by atoms with Gasteiger partial charge in [0, 0.05) is 14.1 Å². The van der Waals surface area contributed by atoms with Gasteiger partial charge in [-0.3, -0.25) is 4.79 Å². The molecule has 0 heterocycles. The van der Waals surface area contributed by atoms with Crippen LogP contribution in [0.25, 0.3) is 0 Å². The van der Waals surface area contributed by atoms with Crippen LogP contribution < -0.4 is 0 Å². The normalized spacial score (nSPS) is 10.7. The van der Waals surface area contributed by atoms with Gasteiger partial charge in [-0.1, -0.05) is 19.9 Å². The predicted octanol–water partition coefficient (Wildman–Crippen LogP) is 3.69. The van der Waals surface area contributed by atoms with Crippen LogP contribution >= 0.6 is 0 Å². The van der Waals surface area contributed by atoms with Crippen molar-refractivity contribution in [3.8, 4) is 6.07 Å². The van der Waals surface area contributed by atoms with E-state index in [0.29, 0.717) is 11.1 Å². The third-order valence-electron chi connectivity index (χ3n) is 2.91. The summed E-state index contributed by atoms with van der Waals surface area (Å²) in [7, 11) is 3.44. The zero-order chi connectivity index (χ0) is 17.5. The van der Waals surface area contributed by atoms with Crippen LogP contribution in [0.5, 0.6) is 0 Å². The number of nitrogens with zero attached hydrogens (tertiary/aromatic N) is 3. The third-order valence-corrected chi connectivity index (χ3v) is 2.91. The highest BCUT2D eigenvalue weighted by molar-refractivity contribution is 6.00. The standard InChI is InChI=1S/C15H18FN3O.C2H6/c1-10-6-11(15(2,3)8-17)7-12(16)13(10)14(20)18-9-19(4)5;1-2/h6-7,9H,1-5H3;1-2H3. The van der Waals surface area contributed by atoms with Gasteiger partial charge in [0.2, 0.25) is 0 Å². The molecule has 0 saturated heterocycles. The maximum Gasteiger partial charge on any atom is 0.281 e. The molecule has 0 atom stereocenters. The Morgan fingerprint density at radius 2 is 1.91 bits per heavy atom. The molecule has 1 aromatic carbocycles. The molecule has 0 radical (unpaired) electrons. The van der Waals surface area contributed by atoms with Gasteiger partial charge >= 0.3 is 0 Å². The Morgan fingerprint density at radius 1 is 1.36 bits per heavy atom. The molecule has 1 aromatic rings. The Labute approximate surface area is 132 Å². The van der Waals surface area contributed by atoms with Gasteiger partial charge in [0.25, 0.3) is 5.91 Å². The zero-order valence-electron chi connectivity index (χ0n) is 14.4. The van der Waals surface area contributed by atoms with E-state index >= 15 is 0 Å². The lowest BCUT2D eigenvalue weighted by Crippen LogP contribution is -2.16. The fraction of sp³-hybridized carbons (Fsp3) is 0.471. The number of hydrogen-bond donors (Lipinski definition) is 0. The summed E-state index contributed by atoms with van der Waals surface area (Å²) in [6, 6.07) is 5.00. The maximum absolute atomic E-state index is 14.1. The minimum Gasteiger partial charge on any atom is -0.369 e. The first-order valence-corrected chi connectivity index (χ1v) is 7.16. The Hall–Kier alpha value is -2.22. The molecule has 0 aliphatic heterocycles. The molecule has 0 spiro atoms. The van der Waals surface area contributed by atoms with Gasteiger partial charge in [0.05, 0.1) is 23.4 Å². The first-order valence-electron chi connectivity index (χ1n) is 7.16. The molecule has 0 aliphatic rings. The summed E-state index contributed by atoms with van der Waals surface area (Å²) < 4.78 is 14.1. The van der Waals surface area contributed by atoms with Crippen molar-refractivity contribution in [3.63, 3.8) is 0 Å². The molecule has 22 heavy (non-hydrogen) atoms. The van der Waals surface area contributed by atoms with E-state index in [2.05, 4.69) is 11.1 Å². The first-order chi connectivity index (χ1) is 10.2. The molecule has 0 unspecified atom stereocenters. The number of benzene rings is 1. The van der Waals surface area contributed by atoms with Crippen LogP contribution in [0.2, 0.25) is 0 Å². The summed E-state index contributed by atoms with van der Waals surface area (Å²) in [5, 5.41) is 9.08. The Bertz CT molecular complexity index is 575. The van der Waals surface area contributed by atoms with Crippen molar-refractivity contribution >= 4 is 12.2 Å². The number of aryl methyl sites for hydroxylation is 1. The molecule has 0 aliphatic carbocycles. The van der Waals surface area contributed by atoms with Crippen molar-refractivity contribution in [2.75, 3.05) is 14.1 Å². The Balaban J connectivity index is 0.00000211. The van der Waals surface area contributed by atoms with Crippen LogP contribution in [0.15, 0.2) is 17.1 Å². The SMILES string of the molecule is CC.Cc1cc(C(C)(C)C#N)cc(F)c1C(=O)N=CN(C)C. The highest BCUT2D eigenvalue weighted by Crippen LogP contribution is 2.26. The summed E-state index contributed by atoms with van der Waals surface area (Å²) in [5.41, 5.74) is 0.160. The average Bonchev–Trinajstić information content (AvgIpc) is 2.46. The van der Waals surface area contributed by atoms with Gasteiger partial charge < -0.3 is 4.90 Å². The maximum atomic E-state index is 14.1. The molecule has 0 aromatic heterocycles. The van der Waals surface area contributed by atoms with Gasteiger partial charge in [-0.05, 0) is 38.0 Å². The molecule has 1 rings (SSSR count). The molecule has 0 bridgehead atoms. The number of nitriles is 1. The number of rotatable bonds is 3. The van der Waals surface area contributed by atoms with Crippen molar-refractivity contribution < 1.29 is 9.18 Å². The van der Waals surface area contributed by atoms with Gasteiger partial charge in [0.15, 0.2) is 0 Å². The Morgan fingerprint density at radius 3 is 2.32 bits per heavy atom. The van der Waals surface area contributed by atoms with Crippen LogP contribution in [0.4, 0.5) is 4.39 Å². The Kier molecular flexibility index (Phi) is 7.44. The van der Waals surface area contributed by atoms with Crippen molar-refractivity contribution in [1.29, 1.82) is 5.26 Å². The number of carbonyl (C=O) groups excluding carboxylic acids is 1. The monoisotopic (exact) mass is 305 g/mol. The zero-order valence-corrected chi connectivity index (χ0v) is 14.4. The van der Waals surface area contributed by atoms with E-state index in [1.54, 1.807) is 45.8 Å². The molecule has 0 N–H and O–H groups in total. The predicted molar refractivity (Wildman–Crippen MR) is 87.6 cm³/mol. The highest BCUT2D eigenvalue weighted by Gasteiger charge is 2.24. The van der Waals surface area contributed by atoms with Crippen molar-refractivity contribution in [1.82, 2.24) is 4.90 Å². The summed E-state index contributed by atoms with van der Waals surface area (Å²) in [6.45, 7) is 9.04. The second kappa shape index (κ2) is 8.28. The van der Waals surface area contributed by atoms with E-state index in [-0.39, 0.29) is 5.56 Å². The molecular formula is C17H24FN3O. The van der Waals surface area contributed by atoms with Gasteiger partial charge in [-0.25, -0.2) is 4.39 Å². The van der Waals surface area contributed by atoms with E-state index in [1.807, 2.05) is 13.8 Å². The minimum atomic E-state index is -0.805. The number of hydrogen-bond acceptors (Lipinski definition) is 2. The number of carbonyl (C=O) groups is 1. The molecule has 120 valence electrons. The molecule has 0 fully saturated rings. The van der Waals surface area contributed by atoms with Crippen LogP contribution in [0.1, 0.15) is 49.2 Å². The largest absolute Gasteiger partial charge is 0.369 e.